The number of hydrogen-bond acceptors (Lipinski definition) is 8. The topological polar surface area (TPSA) is 182 Å². The molecule has 214 valence electrons. The molecule has 5 N–H and O–H groups in total. The van der Waals surface area contributed by atoms with Crippen LogP contribution >= 0.6 is 0 Å². The molecule has 1 fully saturated rings. The number of urea groups is 1. The van der Waals surface area contributed by atoms with Crippen molar-refractivity contribution >= 4 is 41.1 Å². The molecule has 1 saturated heterocycles. The van der Waals surface area contributed by atoms with E-state index in [1.54, 1.807) is 32.0 Å². The van der Waals surface area contributed by atoms with Crippen LogP contribution in [0.5, 0.6) is 0 Å². The zero-order chi connectivity index (χ0) is 29.7. The molecule has 13 heteroatoms. The Hall–Kier alpha value is -3.84. The lowest BCUT2D eigenvalue weighted by molar-refractivity contribution is -0.147. The predicted molar refractivity (Wildman–Crippen MR) is 142 cm³/mol. The number of hydrogen-bond donors (Lipinski definition) is 4. The maximum Gasteiger partial charge on any atom is 0.350 e. The van der Waals surface area contributed by atoms with E-state index in [2.05, 4.69) is 10.7 Å². The number of nitrogens with two attached hydrogens (primary N) is 1. The fourth-order valence-electron chi connectivity index (χ4n) is 3.92. The van der Waals surface area contributed by atoms with Gasteiger partial charge in [-0.15, -0.1) is 0 Å². The molecule has 0 aliphatic carbocycles. The van der Waals surface area contributed by atoms with Gasteiger partial charge in [0.1, 0.15) is 12.1 Å². The smallest absolute Gasteiger partial charge is 0.350 e. The third kappa shape index (κ3) is 7.18. The first-order valence-corrected chi connectivity index (χ1v) is 12.7. The minimum absolute atomic E-state index is 0.0743. The summed E-state index contributed by atoms with van der Waals surface area (Å²) in [6, 6.07) is 3.31. The lowest BCUT2D eigenvalue weighted by atomic mass is 10.00. The van der Waals surface area contributed by atoms with Crippen LogP contribution in [-0.2, 0) is 24.0 Å². The zero-order valence-electron chi connectivity index (χ0n) is 23.1. The van der Waals surface area contributed by atoms with Gasteiger partial charge in [-0.2, -0.15) is 0 Å². The lowest BCUT2D eigenvalue weighted by Crippen LogP contribution is -2.63. The average Bonchev–Trinajstić information content (AvgIpc) is 3.36. The monoisotopic (exact) mass is 546 g/mol. The number of benzene rings is 1. The second-order valence-corrected chi connectivity index (χ2v) is 10.0. The van der Waals surface area contributed by atoms with Crippen molar-refractivity contribution in [3.05, 3.63) is 30.3 Å². The van der Waals surface area contributed by atoms with E-state index >= 15 is 0 Å². The van der Waals surface area contributed by atoms with E-state index in [-0.39, 0.29) is 12.2 Å². The molecule has 0 saturated carbocycles. The number of carbonyl (C=O) groups is 6. The Morgan fingerprint density at radius 3 is 2.18 bits per heavy atom. The highest BCUT2D eigenvalue weighted by molar-refractivity contribution is 6.23. The third-order valence-corrected chi connectivity index (χ3v) is 6.45. The van der Waals surface area contributed by atoms with Crippen molar-refractivity contribution in [2.24, 2.45) is 5.73 Å². The number of para-hydroxylation sites is 1. The highest BCUT2D eigenvalue weighted by atomic mass is 16.3. The number of likely N-dealkylation sites (tertiary alicyclic amines) is 1. The van der Waals surface area contributed by atoms with Crippen molar-refractivity contribution in [2.75, 3.05) is 11.4 Å². The molecule has 0 spiro atoms. The van der Waals surface area contributed by atoms with Gasteiger partial charge in [-0.1, -0.05) is 18.2 Å². The highest BCUT2D eigenvalue weighted by Gasteiger charge is 2.45. The van der Waals surface area contributed by atoms with Gasteiger partial charge in [0, 0.05) is 12.6 Å². The molecular formula is C26H38N6O7. The highest BCUT2D eigenvalue weighted by Crippen LogP contribution is 2.23. The largest absolute Gasteiger partial charge is 0.373 e. The number of Topliss-reactive ketones (excluding diaryl/α,β-unsaturated/α-hetero) is 1. The standard InChI is InChI=1S/C26H38N6O7/c1-15(2)32(25(38)31(19-11-8-7-9-12-19)24(37)26(6,39)18(5)33)29-22(35)20-13-10-14-30(20)23(36)17(4)28-21(34)16(3)27/h7-9,11-12,15-17,20,39H,10,13-14,27H2,1-6H3,(H,28,34)(H,29,35)/t16-,17-,20-,26?/m0/s1. The van der Waals surface area contributed by atoms with Gasteiger partial charge in [0.05, 0.1) is 11.7 Å². The predicted octanol–water partition coefficient (Wildman–Crippen LogP) is 0.0641. The molecule has 6 amide bonds. The molecule has 1 aliphatic rings. The number of amides is 6. The van der Waals surface area contributed by atoms with Crippen LogP contribution in [0, 0.1) is 0 Å². The Balaban J connectivity index is 2.33. The van der Waals surface area contributed by atoms with E-state index in [4.69, 9.17) is 5.73 Å². The van der Waals surface area contributed by atoms with Crippen LogP contribution in [0.15, 0.2) is 30.3 Å². The van der Waals surface area contributed by atoms with Crippen molar-refractivity contribution in [3.8, 4) is 0 Å². The average molecular weight is 547 g/mol. The molecule has 1 heterocycles. The molecule has 4 atom stereocenters. The molecule has 0 aromatic heterocycles. The number of nitrogens with zero attached hydrogens (tertiary/aromatic N) is 3. The van der Waals surface area contributed by atoms with E-state index in [0.717, 1.165) is 18.9 Å². The SMILES string of the molecule is CC(=O)C(C)(O)C(=O)N(C(=O)N(NC(=O)[C@@H]1CCCN1C(=O)[C@H](C)NC(=O)[C@H](C)N)C(C)C)c1ccccc1. The van der Waals surface area contributed by atoms with Gasteiger partial charge in [-0.25, -0.2) is 14.7 Å². The Morgan fingerprint density at radius 1 is 1.08 bits per heavy atom. The van der Waals surface area contributed by atoms with Gasteiger partial charge in [-0.3, -0.25) is 29.4 Å². The van der Waals surface area contributed by atoms with Gasteiger partial charge in [0.15, 0.2) is 11.4 Å². The third-order valence-electron chi connectivity index (χ3n) is 6.45. The molecular weight excluding hydrogens is 508 g/mol. The van der Waals surface area contributed by atoms with E-state index in [0.29, 0.717) is 17.7 Å². The molecule has 0 radical (unpaired) electrons. The molecule has 0 bridgehead atoms. The Kier molecular flexibility index (Phi) is 10.3. The number of imide groups is 1. The van der Waals surface area contributed by atoms with Crippen LogP contribution in [-0.4, -0.2) is 86.8 Å². The zero-order valence-corrected chi connectivity index (χ0v) is 23.1. The number of rotatable bonds is 8. The summed E-state index contributed by atoms with van der Waals surface area (Å²) in [5, 5.41) is 14.0. The summed E-state index contributed by atoms with van der Waals surface area (Å²) >= 11 is 0. The van der Waals surface area contributed by atoms with E-state index < -0.39 is 65.2 Å². The minimum atomic E-state index is -2.51. The molecule has 1 unspecified atom stereocenters. The summed E-state index contributed by atoms with van der Waals surface area (Å²) in [4.78, 5) is 79.3. The fraction of sp³-hybridized carbons (Fsp3) is 0.538. The molecule has 1 aliphatic heterocycles. The number of nitrogens with one attached hydrogen (secondary N) is 2. The van der Waals surface area contributed by atoms with Crippen LogP contribution in [0.1, 0.15) is 54.4 Å². The van der Waals surface area contributed by atoms with E-state index in [9.17, 15) is 33.9 Å². The normalized spacial score (nSPS) is 18.0. The Bertz CT molecular complexity index is 1110. The first-order chi connectivity index (χ1) is 18.1. The molecule has 13 nitrogen and oxygen atoms in total. The van der Waals surface area contributed by atoms with Crippen LogP contribution in [0.4, 0.5) is 10.5 Å². The van der Waals surface area contributed by atoms with E-state index in [1.807, 2.05) is 0 Å². The van der Waals surface area contributed by atoms with Crippen LogP contribution in [0.2, 0.25) is 0 Å². The summed E-state index contributed by atoms with van der Waals surface area (Å²) in [6.07, 6.45) is 0.829. The molecule has 2 rings (SSSR count). The second kappa shape index (κ2) is 12.8. The first-order valence-electron chi connectivity index (χ1n) is 12.7. The minimum Gasteiger partial charge on any atom is -0.373 e. The summed E-state index contributed by atoms with van der Waals surface area (Å²) in [5.41, 5.74) is 5.63. The van der Waals surface area contributed by atoms with Crippen molar-refractivity contribution in [3.63, 3.8) is 0 Å². The maximum atomic E-state index is 13.7. The first kappa shape index (κ1) is 31.4. The summed E-state index contributed by atoms with van der Waals surface area (Å²) in [7, 11) is 0. The van der Waals surface area contributed by atoms with Gasteiger partial charge in [-0.05, 0) is 66.5 Å². The molecule has 1 aromatic carbocycles. The van der Waals surface area contributed by atoms with Gasteiger partial charge < -0.3 is 21.1 Å². The van der Waals surface area contributed by atoms with Crippen LogP contribution in [0.25, 0.3) is 0 Å². The number of anilines is 1. The molecule has 39 heavy (non-hydrogen) atoms. The number of hydrazine groups is 1. The lowest BCUT2D eigenvalue weighted by Gasteiger charge is -2.36. The second-order valence-electron chi connectivity index (χ2n) is 10.0. The number of ketones is 1. The van der Waals surface area contributed by atoms with Crippen LogP contribution in [0.3, 0.4) is 0 Å². The van der Waals surface area contributed by atoms with Crippen molar-refractivity contribution < 1.29 is 33.9 Å². The Labute approximate surface area is 227 Å². The summed E-state index contributed by atoms with van der Waals surface area (Å²) in [6.45, 7) is 8.44. The molecule has 1 aromatic rings. The maximum absolute atomic E-state index is 13.7. The van der Waals surface area contributed by atoms with Gasteiger partial charge in [0.25, 0.3) is 11.8 Å². The van der Waals surface area contributed by atoms with Crippen molar-refractivity contribution in [2.45, 2.75) is 84.2 Å². The number of aliphatic hydroxyl groups is 1. The van der Waals surface area contributed by atoms with Gasteiger partial charge >= 0.3 is 6.03 Å². The van der Waals surface area contributed by atoms with E-state index in [1.165, 1.54) is 30.9 Å². The number of carbonyl (C=O) groups excluding carboxylic acids is 6. The fourth-order valence-corrected chi connectivity index (χ4v) is 3.92. The quantitative estimate of drug-likeness (QED) is 0.261. The summed E-state index contributed by atoms with van der Waals surface area (Å²) < 4.78 is 0. The summed E-state index contributed by atoms with van der Waals surface area (Å²) in [5.74, 6) is -3.73. The van der Waals surface area contributed by atoms with Crippen molar-refractivity contribution in [1.82, 2.24) is 20.7 Å². The van der Waals surface area contributed by atoms with Crippen molar-refractivity contribution in [1.29, 1.82) is 0 Å². The Morgan fingerprint density at radius 2 is 1.67 bits per heavy atom. The van der Waals surface area contributed by atoms with Gasteiger partial charge in [0.2, 0.25) is 11.8 Å². The van der Waals surface area contributed by atoms with Crippen LogP contribution < -0.4 is 21.4 Å².